The van der Waals surface area contributed by atoms with Crippen molar-refractivity contribution in [3.63, 3.8) is 0 Å². The summed E-state index contributed by atoms with van der Waals surface area (Å²) in [4.78, 5) is 10.9. The quantitative estimate of drug-likeness (QED) is 0.574. The number of hydrazine groups is 1. The topological polar surface area (TPSA) is 78.6 Å². The van der Waals surface area contributed by atoms with Crippen molar-refractivity contribution in [1.29, 1.82) is 0 Å². The van der Waals surface area contributed by atoms with Gasteiger partial charge in [0.2, 0.25) is 0 Å². The number of carbonyl (C=O) groups excluding carboxylic acids is 1. The Morgan fingerprint density at radius 2 is 2.00 bits per heavy atom. The Bertz CT molecular complexity index is 329. The van der Waals surface area contributed by atoms with E-state index in [1.807, 2.05) is 0 Å². The lowest BCUT2D eigenvalue weighted by atomic mass is 9.74. The van der Waals surface area contributed by atoms with Crippen LogP contribution in [0.3, 0.4) is 0 Å². The van der Waals surface area contributed by atoms with Crippen molar-refractivity contribution in [2.24, 2.45) is 5.73 Å². The summed E-state index contributed by atoms with van der Waals surface area (Å²) in [5.74, 6) is 0. The zero-order valence-electron chi connectivity index (χ0n) is 8.34. The van der Waals surface area contributed by atoms with E-state index in [0.717, 1.165) is 6.42 Å². The van der Waals surface area contributed by atoms with E-state index in [2.05, 4.69) is 5.43 Å². The van der Waals surface area contributed by atoms with Crippen LogP contribution in [0.5, 0.6) is 0 Å². The van der Waals surface area contributed by atoms with Crippen LogP contribution in [0.15, 0.2) is 0 Å². The second kappa shape index (κ2) is 3.01. The van der Waals surface area contributed by atoms with Gasteiger partial charge in [0.15, 0.2) is 0 Å². The molecule has 0 aromatic heterocycles. The summed E-state index contributed by atoms with van der Waals surface area (Å²) >= 11 is 0. The number of nitrogens with zero attached hydrogens (tertiary/aromatic N) is 1. The standard InChI is InChI=1S/C8H12F3N3O2/c9-8(10,11)7(16)4-6(2-1-3-6)13-14(7)5(12)15/h13,16H,1-4H2,(H2,12,15). The Hall–Kier alpha value is -1.02. The molecule has 1 heterocycles. The zero-order chi connectivity index (χ0) is 12.2. The largest absolute Gasteiger partial charge is 0.438 e. The van der Waals surface area contributed by atoms with Crippen molar-refractivity contribution in [2.75, 3.05) is 0 Å². The minimum Gasteiger partial charge on any atom is -0.362 e. The van der Waals surface area contributed by atoms with E-state index in [1.54, 1.807) is 0 Å². The van der Waals surface area contributed by atoms with E-state index < -0.39 is 29.9 Å². The molecule has 1 unspecified atom stereocenters. The lowest BCUT2D eigenvalue weighted by molar-refractivity contribution is -0.299. The summed E-state index contributed by atoms with van der Waals surface area (Å²) in [6.07, 6.45) is -3.72. The normalized spacial score (nSPS) is 32.9. The monoisotopic (exact) mass is 239 g/mol. The molecule has 0 aromatic carbocycles. The highest BCUT2D eigenvalue weighted by Crippen LogP contribution is 2.49. The first kappa shape index (κ1) is 11.5. The number of alkyl halides is 3. The van der Waals surface area contributed by atoms with Gasteiger partial charge in [0, 0.05) is 12.0 Å². The van der Waals surface area contributed by atoms with Gasteiger partial charge in [-0.05, 0) is 19.3 Å². The van der Waals surface area contributed by atoms with Gasteiger partial charge in [-0.1, -0.05) is 0 Å². The Morgan fingerprint density at radius 1 is 1.44 bits per heavy atom. The number of hydrogen-bond acceptors (Lipinski definition) is 3. The minimum atomic E-state index is -4.92. The summed E-state index contributed by atoms with van der Waals surface area (Å²) in [7, 11) is 0. The van der Waals surface area contributed by atoms with Gasteiger partial charge in [0.25, 0.3) is 5.72 Å². The Balaban J connectivity index is 2.32. The molecule has 2 amide bonds. The van der Waals surface area contributed by atoms with Crippen LogP contribution in [0, 0.1) is 0 Å². The second-order valence-corrected chi connectivity index (χ2v) is 4.41. The smallest absolute Gasteiger partial charge is 0.362 e. The molecule has 16 heavy (non-hydrogen) atoms. The van der Waals surface area contributed by atoms with E-state index in [4.69, 9.17) is 5.73 Å². The maximum atomic E-state index is 12.7. The fourth-order valence-corrected chi connectivity index (χ4v) is 2.28. The van der Waals surface area contributed by atoms with Crippen LogP contribution in [0.2, 0.25) is 0 Å². The highest BCUT2D eigenvalue weighted by atomic mass is 19.4. The van der Waals surface area contributed by atoms with Gasteiger partial charge in [-0.15, -0.1) is 0 Å². The molecule has 1 aliphatic carbocycles. The van der Waals surface area contributed by atoms with Crippen LogP contribution in [0.4, 0.5) is 18.0 Å². The molecule has 92 valence electrons. The van der Waals surface area contributed by atoms with E-state index >= 15 is 0 Å². The number of primary amides is 1. The molecule has 4 N–H and O–H groups in total. The summed E-state index contributed by atoms with van der Waals surface area (Å²) in [6.45, 7) is 0. The van der Waals surface area contributed by atoms with Crippen LogP contribution in [-0.4, -0.2) is 33.6 Å². The van der Waals surface area contributed by atoms with Crippen molar-refractivity contribution in [1.82, 2.24) is 10.4 Å². The predicted molar refractivity (Wildman–Crippen MR) is 46.8 cm³/mol. The SMILES string of the molecule is NC(=O)N1NC2(CCC2)CC1(O)C(F)(F)F. The maximum Gasteiger partial charge on any atom is 0.438 e. The van der Waals surface area contributed by atoms with Crippen LogP contribution in [-0.2, 0) is 0 Å². The summed E-state index contributed by atoms with van der Waals surface area (Å²) in [5.41, 5.74) is 3.19. The van der Waals surface area contributed by atoms with Gasteiger partial charge in [-0.3, -0.25) is 0 Å². The highest BCUT2D eigenvalue weighted by Gasteiger charge is 2.68. The third-order valence-corrected chi connectivity index (χ3v) is 3.29. The molecule has 2 aliphatic rings. The molecule has 1 saturated heterocycles. The number of nitrogens with two attached hydrogens (primary N) is 1. The van der Waals surface area contributed by atoms with Crippen LogP contribution in [0.1, 0.15) is 25.7 Å². The molecule has 2 rings (SSSR count). The first-order valence-corrected chi connectivity index (χ1v) is 4.87. The molecule has 0 bridgehead atoms. The van der Waals surface area contributed by atoms with Crippen molar-refractivity contribution in [3.05, 3.63) is 0 Å². The molecular formula is C8H12F3N3O2. The Labute approximate surface area is 89.4 Å². The average Bonchev–Trinajstić information content (AvgIpc) is 2.38. The van der Waals surface area contributed by atoms with Gasteiger partial charge >= 0.3 is 12.2 Å². The van der Waals surface area contributed by atoms with Gasteiger partial charge in [0.1, 0.15) is 0 Å². The molecule has 1 aliphatic heterocycles. The minimum absolute atomic E-state index is 0.103. The number of amides is 2. The molecule has 0 aromatic rings. The molecule has 1 spiro atoms. The summed E-state index contributed by atoms with van der Waals surface area (Å²) in [6, 6.07) is -1.33. The number of rotatable bonds is 0. The fourth-order valence-electron chi connectivity index (χ4n) is 2.28. The maximum absolute atomic E-state index is 12.7. The lowest BCUT2D eigenvalue weighted by Gasteiger charge is -2.37. The van der Waals surface area contributed by atoms with Crippen LogP contribution >= 0.6 is 0 Å². The van der Waals surface area contributed by atoms with Crippen molar-refractivity contribution in [2.45, 2.75) is 43.1 Å². The number of halogens is 3. The van der Waals surface area contributed by atoms with Crippen molar-refractivity contribution in [3.8, 4) is 0 Å². The lowest BCUT2D eigenvalue weighted by Crippen LogP contribution is -2.62. The third-order valence-electron chi connectivity index (χ3n) is 3.29. The fraction of sp³-hybridized carbons (Fsp3) is 0.875. The summed E-state index contributed by atoms with van der Waals surface area (Å²) in [5, 5.41) is 9.70. The van der Waals surface area contributed by atoms with Crippen LogP contribution in [0.25, 0.3) is 0 Å². The molecule has 5 nitrogen and oxygen atoms in total. The predicted octanol–water partition coefficient (Wildman–Crippen LogP) is 0.449. The van der Waals surface area contributed by atoms with E-state index in [0.29, 0.717) is 12.8 Å². The molecule has 1 saturated carbocycles. The van der Waals surface area contributed by atoms with E-state index in [1.165, 1.54) is 0 Å². The summed E-state index contributed by atoms with van der Waals surface area (Å²) < 4.78 is 38.2. The zero-order valence-corrected chi connectivity index (χ0v) is 8.34. The van der Waals surface area contributed by atoms with E-state index in [-0.39, 0.29) is 5.01 Å². The van der Waals surface area contributed by atoms with Crippen molar-refractivity contribution < 1.29 is 23.1 Å². The first-order valence-electron chi connectivity index (χ1n) is 4.87. The average molecular weight is 239 g/mol. The Morgan fingerprint density at radius 3 is 2.25 bits per heavy atom. The Kier molecular flexibility index (Phi) is 2.16. The van der Waals surface area contributed by atoms with Gasteiger partial charge in [0.05, 0.1) is 0 Å². The number of hydrogen-bond donors (Lipinski definition) is 3. The number of urea groups is 1. The van der Waals surface area contributed by atoms with Crippen LogP contribution < -0.4 is 11.2 Å². The molecule has 0 radical (unpaired) electrons. The van der Waals surface area contributed by atoms with Gasteiger partial charge in [-0.25, -0.2) is 15.2 Å². The van der Waals surface area contributed by atoms with Crippen molar-refractivity contribution >= 4 is 6.03 Å². The number of carbonyl (C=O) groups is 1. The first-order chi connectivity index (χ1) is 7.20. The highest BCUT2D eigenvalue weighted by molar-refractivity contribution is 5.73. The van der Waals surface area contributed by atoms with Gasteiger partial charge < -0.3 is 10.8 Å². The molecule has 2 fully saturated rings. The second-order valence-electron chi connectivity index (χ2n) is 4.41. The third kappa shape index (κ3) is 1.36. The molecule has 8 heteroatoms. The number of aliphatic hydroxyl groups is 1. The van der Waals surface area contributed by atoms with E-state index in [9.17, 15) is 23.1 Å². The van der Waals surface area contributed by atoms with Gasteiger partial charge in [-0.2, -0.15) is 13.2 Å². The molecular weight excluding hydrogens is 227 g/mol. The number of nitrogens with one attached hydrogen (secondary N) is 1. The molecule has 1 atom stereocenters.